The molecule has 0 saturated heterocycles. The molecule has 1 heterocycles. The lowest BCUT2D eigenvalue weighted by Gasteiger charge is -2.08. The third-order valence-electron chi connectivity index (χ3n) is 2.78. The van der Waals surface area contributed by atoms with Gasteiger partial charge in [0.1, 0.15) is 4.88 Å². The Morgan fingerprint density at radius 3 is 2.65 bits per heavy atom. The zero-order chi connectivity index (χ0) is 14.8. The number of fused-ring (bicyclic) bond motifs is 1. The van der Waals surface area contributed by atoms with Crippen molar-refractivity contribution >= 4 is 27.4 Å². The van der Waals surface area contributed by atoms with Crippen LogP contribution in [0.3, 0.4) is 0 Å². The predicted molar refractivity (Wildman–Crippen MR) is 71.2 cm³/mol. The summed E-state index contributed by atoms with van der Waals surface area (Å²) in [5.74, 6) is -1.06. The molecular formula is C13H12F3NO2S. The summed E-state index contributed by atoms with van der Waals surface area (Å²) in [6.07, 6.45) is -5.14. The third-order valence-corrected chi connectivity index (χ3v) is 3.98. The zero-order valence-corrected chi connectivity index (χ0v) is 11.1. The number of hydrogen-bond acceptors (Lipinski definition) is 3. The largest absolute Gasteiger partial charge is 0.477 e. The molecular weight excluding hydrogens is 291 g/mol. The van der Waals surface area contributed by atoms with Crippen LogP contribution in [-0.4, -0.2) is 23.8 Å². The Labute approximate surface area is 117 Å². The molecule has 0 aliphatic rings. The number of halogens is 3. The lowest BCUT2D eigenvalue weighted by Crippen LogP contribution is -2.21. The Morgan fingerprint density at radius 1 is 1.30 bits per heavy atom. The SMILES string of the molecule is O=C(O)c1sc2ccccc2c1CNCCC(F)(F)F. The summed E-state index contributed by atoms with van der Waals surface area (Å²) in [4.78, 5) is 11.4. The number of carbonyl (C=O) groups is 1. The van der Waals surface area contributed by atoms with E-state index in [0.717, 1.165) is 21.4 Å². The van der Waals surface area contributed by atoms with Gasteiger partial charge in [0.05, 0.1) is 6.42 Å². The van der Waals surface area contributed by atoms with Crippen molar-refractivity contribution in [3.63, 3.8) is 0 Å². The highest BCUT2D eigenvalue weighted by Crippen LogP contribution is 2.31. The van der Waals surface area contributed by atoms with Gasteiger partial charge < -0.3 is 10.4 Å². The van der Waals surface area contributed by atoms with Crippen LogP contribution < -0.4 is 5.32 Å². The average molecular weight is 303 g/mol. The molecule has 0 radical (unpaired) electrons. The minimum Gasteiger partial charge on any atom is -0.477 e. The van der Waals surface area contributed by atoms with Gasteiger partial charge in [0.15, 0.2) is 0 Å². The predicted octanol–water partition coefficient (Wildman–Crippen LogP) is 3.64. The van der Waals surface area contributed by atoms with E-state index in [9.17, 15) is 18.0 Å². The fraction of sp³-hybridized carbons (Fsp3) is 0.308. The maximum absolute atomic E-state index is 12.0. The number of carboxylic acids is 1. The minimum absolute atomic E-state index is 0.113. The summed E-state index contributed by atoms with van der Waals surface area (Å²) >= 11 is 1.13. The lowest BCUT2D eigenvalue weighted by molar-refractivity contribution is -0.133. The number of alkyl halides is 3. The Hall–Kier alpha value is -1.60. The molecule has 0 bridgehead atoms. The van der Waals surface area contributed by atoms with Crippen molar-refractivity contribution in [2.75, 3.05) is 6.54 Å². The molecule has 7 heteroatoms. The monoisotopic (exact) mass is 303 g/mol. The molecule has 0 saturated carbocycles. The van der Waals surface area contributed by atoms with Crippen LogP contribution in [0.2, 0.25) is 0 Å². The highest BCUT2D eigenvalue weighted by molar-refractivity contribution is 7.21. The average Bonchev–Trinajstić information content (AvgIpc) is 2.72. The first-order valence-electron chi connectivity index (χ1n) is 5.89. The Bertz CT molecular complexity index is 622. The highest BCUT2D eigenvalue weighted by Gasteiger charge is 2.26. The molecule has 0 aliphatic carbocycles. The van der Waals surface area contributed by atoms with Crippen molar-refractivity contribution in [1.29, 1.82) is 0 Å². The molecule has 0 unspecified atom stereocenters. The Balaban J connectivity index is 2.15. The number of carboxylic acid groups (broad SMARTS) is 1. The van der Waals surface area contributed by atoms with E-state index >= 15 is 0 Å². The molecule has 0 atom stereocenters. The van der Waals surface area contributed by atoms with Gasteiger partial charge in [-0.05, 0) is 17.0 Å². The van der Waals surface area contributed by atoms with Crippen molar-refractivity contribution in [2.24, 2.45) is 0 Å². The number of aromatic carboxylic acids is 1. The number of rotatable bonds is 5. The second-order valence-electron chi connectivity index (χ2n) is 4.25. The smallest absolute Gasteiger partial charge is 0.390 e. The summed E-state index contributed by atoms with van der Waals surface area (Å²) in [6.45, 7) is -0.117. The molecule has 2 aromatic rings. The van der Waals surface area contributed by atoms with Crippen LogP contribution in [0.15, 0.2) is 24.3 Å². The van der Waals surface area contributed by atoms with Crippen molar-refractivity contribution < 1.29 is 23.1 Å². The van der Waals surface area contributed by atoms with Gasteiger partial charge in [-0.15, -0.1) is 11.3 Å². The van der Waals surface area contributed by atoms with Crippen LogP contribution in [0, 0.1) is 0 Å². The molecule has 0 spiro atoms. The van der Waals surface area contributed by atoms with Gasteiger partial charge >= 0.3 is 12.1 Å². The van der Waals surface area contributed by atoms with Crippen LogP contribution in [0.1, 0.15) is 21.7 Å². The van der Waals surface area contributed by atoms with E-state index in [1.807, 2.05) is 0 Å². The van der Waals surface area contributed by atoms with E-state index < -0.39 is 18.6 Å². The van der Waals surface area contributed by atoms with Crippen molar-refractivity contribution in [2.45, 2.75) is 19.1 Å². The van der Waals surface area contributed by atoms with E-state index in [0.29, 0.717) is 5.56 Å². The highest BCUT2D eigenvalue weighted by atomic mass is 32.1. The van der Waals surface area contributed by atoms with E-state index in [1.165, 1.54) is 0 Å². The van der Waals surface area contributed by atoms with Gasteiger partial charge in [0.2, 0.25) is 0 Å². The Kier molecular flexibility index (Phi) is 4.29. The number of hydrogen-bond donors (Lipinski definition) is 2. The number of benzene rings is 1. The van der Waals surface area contributed by atoms with Gasteiger partial charge in [-0.1, -0.05) is 18.2 Å². The van der Waals surface area contributed by atoms with Gasteiger partial charge in [-0.2, -0.15) is 13.2 Å². The van der Waals surface area contributed by atoms with Crippen LogP contribution in [0.25, 0.3) is 10.1 Å². The fourth-order valence-corrected chi connectivity index (χ4v) is 2.95. The van der Waals surface area contributed by atoms with Crippen molar-refractivity contribution in [1.82, 2.24) is 5.32 Å². The quantitative estimate of drug-likeness (QED) is 0.829. The summed E-state index contributed by atoms with van der Waals surface area (Å²) < 4.78 is 37.0. The third kappa shape index (κ3) is 3.49. The molecule has 108 valence electrons. The minimum atomic E-state index is -4.21. The molecule has 2 rings (SSSR count). The van der Waals surface area contributed by atoms with Gasteiger partial charge in [-0.25, -0.2) is 4.79 Å². The maximum atomic E-state index is 12.0. The van der Waals surface area contributed by atoms with E-state index in [-0.39, 0.29) is 18.0 Å². The molecule has 20 heavy (non-hydrogen) atoms. The Morgan fingerprint density at radius 2 is 2.00 bits per heavy atom. The first-order chi connectivity index (χ1) is 9.38. The van der Waals surface area contributed by atoms with Crippen LogP contribution in [0.4, 0.5) is 13.2 Å². The van der Waals surface area contributed by atoms with Gasteiger partial charge in [0.25, 0.3) is 0 Å². The molecule has 2 N–H and O–H groups in total. The number of nitrogens with one attached hydrogen (secondary N) is 1. The van der Waals surface area contributed by atoms with Gasteiger partial charge in [0, 0.05) is 17.8 Å². The van der Waals surface area contributed by atoms with Crippen molar-refractivity contribution in [3.8, 4) is 0 Å². The number of thiophene rings is 1. The topological polar surface area (TPSA) is 49.3 Å². The molecule has 0 fully saturated rings. The maximum Gasteiger partial charge on any atom is 0.390 e. The summed E-state index contributed by atoms with van der Waals surface area (Å²) in [6, 6.07) is 7.15. The lowest BCUT2D eigenvalue weighted by atomic mass is 10.1. The second kappa shape index (κ2) is 5.80. The standard InChI is InChI=1S/C13H12F3NO2S/c14-13(15,16)5-6-17-7-9-8-3-1-2-4-10(8)20-11(9)12(18)19/h1-4,17H,5-7H2,(H,18,19). The molecule has 0 aliphatic heterocycles. The first kappa shape index (κ1) is 14.8. The second-order valence-corrected chi connectivity index (χ2v) is 5.31. The van der Waals surface area contributed by atoms with E-state index in [1.54, 1.807) is 24.3 Å². The van der Waals surface area contributed by atoms with Crippen LogP contribution in [0.5, 0.6) is 0 Å². The molecule has 1 aromatic carbocycles. The summed E-state index contributed by atoms with van der Waals surface area (Å²) in [5, 5.41) is 12.6. The normalized spacial score (nSPS) is 11.9. The van der Waals surface area contributed by atoms with Crippen LogP contribution >= 0.6 is 11.3 Å². The zero-order valence-electron chi connectivity index (χ0n) is 10.3. The van der Waals surface area contributed by atoms with E-state index in [2.05, 4.69) is 5.32 Å². The fourth-order valence-electron chi connectivity index (χ4n) is 1.89. The first-order valence-corrected chi connectivity index (χ1v) is 6.71. The van der Waals surface area contributed by atoms with Crippen molar-refractivity contribution in [3.05, 3.63) is 34.7 Å². The molecule has 1 aromatic heterocycles. The van der Waals surface area contributed by atoms with Crippen LogP contribution in [-0.2, 0) is 6.54 Å². The summed E-state index contributed by atoms with van der Waals surface area (Å²) in [7, 11) is 0. The van der Waals surface area contributed by atoms with Gasteiger partial charge in [-0.3, -0.25) is 0 Å². The summed E-state index contributed by atoms with van der Waals surface area (Å²) in [5.41, 5.74) is 0.542. The van der Waals surface area contributed by atoms with E-state index in [4.69, 9.17) is 5.11 Å². The molecule has 3 nitrogen and oxygen atoms in total. The molecule has 0 amide bonds.